The van der Waals surface area contributed by atoms with Gasteiger partial charge in [0.1, 0.15) is 16.6 Å². The van der Waals surface area contributed by atoms with E-state index in [9.17, 15) is 10.1 Å². The van der Waals surface area contributed by atoms with E-state index in [1.807, 2.05) is 0 Å². The second-order valence-corrected chi connectivity index (χ2v) is 4.73. The summed E-state index contributed by atoms with van der Waals surface area (Å²) in [6.45, 7) is 0. The van der Waals surface area contributed by atoms with Gasteiger partial charge in [0.25, 0.3) is 5.69 Å². The second-order valence-electron chi connectivity index (χ2n) is 3.83. The molecule has 2 rings (SSSR count). The summed E-state index contributed by atoms with van der Waals surface area (Å²) < 4.78 is 8.05. The Labute approximate surface area is 119 Å². The zero-order chi connectivity index (χ0) is 13.7. The molecule has 0 amide bonds. The average Bonchev–Trinajstić information content (AvgIpc) is 2.84. The third-order valence-electron chi connectivity index (χ3n) is 2.48. The van der Waals surface area contributed by atoms with Gasteiger partial charge in [-0.25, -0.2) is 0 Å². The van der Waals surface area contributed by atoms with Crippen molar-refractivity contribution in [1.82, 2.24) is 8.75 Å². The van der Waals surface area contributed by atoms with E-state index in [2.05, 4.69) is 20.6 Å². The number of nitro benzene ring substituents is 1. The summed E-state index contributed by atoms with van der Waals surface area (Å²) in [6.07, 6.45) is 2.47. The molecule has 1 aromatic heterocycles. The van der Waals surface area contributed by atoms with Crippen molar-refractivity contribution in [3.63, 3.8) is 0 Å². The Balaban J connectivity index is 2.29. The number of aromatic nitrogens is 2. The first-order valence-electron chi connectivity index (χ1n) is 5.68. The van der Waals surface area contributed by atoms with Gasteiger partial charge in [0, 0.05) is 18.4 Å². The smallest absolute Gasteiger partial charge is 0.258 e. The first-order valence-corrected chi connectivity index (χ1v) is 6.94. The van der Waals surface area contributed by atoms with Crippen LogP contribution in [0, 0.1) is 22.0 Å². The van der Waals surface area contributed by atoms with E-state index < -0.39 is 4.92 Å². The predicted molar refractivity (Wildman–Crippen MR) is 75.5 cm³/mol. The summed E-state index contributed by atoms with van der Waals surface area (Å²) >= 11 is 6.60. The highest BCUT2D eigenvalue weighted by molar-refractivity contribution is 7.00. The van der Waals surface area contributed by atoms with Gasteiger partial charge >= 0.3 is 0 Å². The fraction of sp³-hybridized carbons (Fsp3) is 0.333. The quantitative estimate of drug-likeness (QED) is 0.285. The van der Waals surface area contributed by atoms with Gasteiger partial charge in [-0.1, -0.05) is 11.8 Å². The summed E-state index contributed by atoms with van der Waals surface area (Å²) in [7, 11) is 0. The van der Waals surface area contributed by atoms with Gasteiger partial charge in [0.15, 0.2) is 0 Å². The van der Waals surface area contributed by atoms with Gasteiger partial charge in [-0.15, -0.1) is 11.6 Å². The van der Waals surface area contributed by atoms with Gasteiger partial charge in [-0.3, -0.25) is 10.1 Å². The highest BCUT2D eigenvalue weighted by Gasteiger charge is 2.15. The van der Waals surface area contributed by atoms with E-state index in [0.717, 1.165) is 24.6 Å². The molecule has 0 aliphatic heterocycles. The molecule has 1 aromatic carbocycles. The van der Waals surface area contributed by atoms with Crippen LogP contribution < -0.4 is 0 Å². The van der Waals surface area contributed by atoms with Crippen LogP contribution in [0.4, 0.5) is 5.69 Å². The molecule has 2 aromatic rings. The molecule has 0 N–H and O–H groups in total. The molecule has 0 bridgehead atoms. The fourth-order valence-corrected chi connectivity index (χ4v) is 2.24. The van der Waals surface area contributed by atoms with E-state index in [-0.39, 0.29) is 5.69 Å². The summed E-state index contributed by atoms with van der Waals surface area (Å²) in [6, 6.07) is 3.03. The number of rotatable bonds is 4. The molecule has 0 saturated heterocycles. The third kappa shape index (κ3) is 3.40. The van der Waals surface area contributed by atoms with Gasteiger partial charge in [0.2, 0.25) is 0 Å². The number of hydrogen-bond acceptors (Lipinski definition) is 5. The van der Waals surface area contributed by atoms with E-state index in [0.29, 0.717) is 28.9 Å². The fourth-order valence-electron chi connectivity index (χ4n) is 1.54. The van der Waals surface area contributed by atoms with Crippen molar-refractivity contribution >= 4 is 40.0 Å². The summed E-state index contributed by atoms with van der Waals surface area (Å²) in [5, 5.41) is 11.0. The van der Waals surface area contributed by atoms with E-state index >= 15 is 0 Å². The maximum absolute atomic E-state index is 11.0. The average molecular weight is 296 g/mol. The number of halogens is 1. The van der Waals surface area contributed by atoms with Crippen molar-refractivity contribution in [3.8, 4) is 11.8 Å². The maximum atomic E-state index is 11.0. The molecule has 0 atom stereocenters. The number of nitro groups is 1. The molecular formula is C12H10ClN3O2S. The Morgan fingerprint density at radius 3 is 2.74 bits per heavy atom. The number of unbranched alkanes of at least 4 members (excludes halogenated alkanes) is 2. The third-order valence-corrected chi connectivity index (χ3v) is 3.30. The topological polar surface area (TPSA) is 68.9 Å². The minimum absolute atomic E-state index is 0.0231. The molecule has 0 unspecified atom stereocenters. The van der Waals surface area contributed by atoms with Crippen LogP contribution in [-0.4, -0.2) is 19.6 Å². The molecular weight excluding hydrogens is 286 g/mol. The summed E-state index contributed by atoms with van der Waals surface area (Å²) in [4.78, 5) is 10.6. The number of fused-ring (bicyclic) bond motifs is 1. The molecule has 0 fully saturated rings. The second kappa shape index (κ2) is 6.45. The predicted octanol–water partition coefficient (Wildman–Crippen LogP) is 3.36. The maximum Gasteiger partial charge on any atom is 0.287 e. The highest BCUT2D eigenvalue weighted by Crippen LogP contribution is 2.24. The Morgan fingerprint density at radius 1 is 1.32 bits per heavy atom. The number of alkyl halides is 1. The molecule has 98 valence electrons. The molecule has 1 heterocycles. The molecule has 0 radical (unpaired) electrons. The summed E-state index contributed by atoms with van der Waals surface area (Å²) in [5.41, 5.74) is 1.53. The Morgan fingerprint density at radius 2 is 2.05 bits per heavy atom. The lowest BCUT2D eigenvalue weighted by molar-refractivity contribution is -0.385. The minimum Gasteiger partial charge on any atom is -0.258 e. The SMILES string of the molecule is O=[N+]([O-])c1cc2nsnc2cc1C#CCCCCCl. The Bertz CT molecular complexity index is 660. The monoisotopic (exact) mass is 295 g/mol. The molecule has 0 saturated carbocycles. The van der Waals surface area contributed by atoms with Crippen LogP contribution in [0.25, 0.3) is 11.0 Å². The standard InChI is InChI=1S/C12H10ClN3O2S/c13-6-4-2-1-3-5-9-7-10-11(15-19-14-10)8-12(9)16(17)18/h7-8H,1-2,4,6H2. The Kier molecular flexibility index (Phi) is 4.66. The lowest BCUT2D eigenvalue weighted by Gasteiger charge is -1.95. The lowest BCUT2D eigenvalue weighted by Crippen LogP contribution is -1.92. The van der Waals surface area contributed by atoms with Gasteiger partial charge in [0.05, 0.1) is 16.7 Å². The number of benzene rings is 1. The van der Waals surface area contributed by atoms with Crippen molar-refractivity contribution in [2.24, 2.45) is 0 Å². The Hall–Kier alpha value is -1.71. The van der Waals surface area contributed by atoms with E-state index in [1.54, 1.807) is 6.07 Å². The minimum atomic E-state index is -0.443. The van der Waals surface area contributed by atoms with Crippen molar-refractivity contribution < 1.29 is 4.92 Å². The van der Waals surface area contributed by atoms with Gasteiger partial charge in [-0.2, -0.15) is 8.75 Å². The number of nitrogens with zero attached hydrogens (tertiary/aromatic N) is 3. The molecule has 7 heteroatoms. The van der Waals surface area contributed by atoms with Crippen LogP contribution in [0.5, 0.6) is 0 Å². The molecule has 0 aliphatic carbocycles. The van der Waals surface area contributed by atoms with Crippen molar-refractivity contribution in [2.45, 2.75) is 19.3 Å². The zero-order valence-corrected chi connectivity index (χ0v) is 11.5. The van der Waals surface area contributed by atoms with Crippen LogP contribution in [0.3, 0.4) is 0 Å². The van der Waals surface area contributed by atoms with Crippen LogP contribution in [-0.2, 0) is 0 Å². The van der Waals surface area contributed by atoms with E-state index in [4.69, 9.17) is 11.6 Å². The normalized spacial score (nSPS) is 10.2. The van der Waals surface area contributed by atoms with Crippen molar-refractivity contribution in [3.05, 3.63) is 27.8 Å². The number of hydrogen-bond donors (Lipinski definition) is 0. The molecule has 0 spiro atoms. The largest absolute Gasteiger partial charge is 0.287 e. The first kappa shape index (κ1) is 13.7. The van der Waals surface area contributed by atoms with E-state index in [1.165, 1.54) is 6.07 Å². The van der Waals surface area contributed by atoms with Crippen molar-refractivity contribution in [1.29, 1.82) is 0 Å². The van der Waals surface area contributed by atoms with Gasteiger partial charge < -0.3 is 0 Å². The van der Waals surface area contributed by atoms with Crippen LogP contribution in [0.2, 0.25) is 0 Å². The van der Waals surface area contributed by atoms with Crippen LogP contribution in [0.1, 0.15) is 24.8 Å². The summed E-state index contributed by atoms with van der Waals surface area (Å²) in [5.74, 6) is 6.38. The molecule has 0 aliphatic rings. The van der Waals surface area contributed by atoms with Crippen molar-refractivity contribution in [2.75, 3.05) is 5.88 Å². The molecule has 19 heavy (non-hydrogen) atoms. The molecule has 5 nitrogen and oxygen atoms in total. The van der Waals surface area contributed by atoms with Crippen LogP contribution in [0.15, 0.2) is 12.1 Å². The van der Waals surface area contributed by atoms with Crippen LogP contribution >= 0.6 is 23.3 Å². The highest BCUT2D eigenvalue weighted by atomic mass is 35.5. The first-order chi connectivity index (χ1) is 9.22. The van der Waals surface area contributed by atoms with Gasteiger partial charge in [-0.05, 0) is 18.9 Å². The zero-order valence-electron chi connectivity index (χ0n) is 9.93. The lowest BCUT2D eigenvalue weighted by atomic mass is 10.1.